The Bertz CT molecular complexity index is 1000. The fourth-order valence-corrected chi connectivity index (χ4v) is 3.72. The van der Waals surface area contributed by atoms with E-state index in [-0.39, 0.29) is 13.2 Å². The van der Waals surface area contributed by atoms with Gasteiger partial charge in [-0.25, -0.2) is 0 Å². The second-order valence-corrected chi connectivity index (χ2v) is 9.33. The first-order valence-electron chi connectivity index (χ1n) is 8.14. The second kappa shape index (κ2) is 8.00. The number of hydrogen-bond acceptors (Lipinski definition) is 6. The van der Waals surface area contributed by atoms with E-state index in [9.17, 15) is 18.5 Å². The molecule has 27 heavy (non-hydrogen) atoms. The van der Waals surface area contributed by atoms with Crippen molar-refractivity contribution in [1.29, 1.82) is 5.26 Å². The van der Waals surface area contributed by atoms with E-state index in [0.29, 0.717) is 0 Å². The summed E-state index contributed by atoms with van der Waals surface area (Å²) >= 11 is 3.43. The SMILES string of the molecule is CC(=O)OCC(Cn1cc(C(C)(C)C#N)c2ccc(Br)cc21)OS(C)(=O)=O. The summed E-state index contributed by atoms with van der Waals surface area (Å²) in [6, 6.07) is 7.96. The van der Waals surface area contributed by atoms with Crippen LogP contribution in [0.5, 0.6) is 0 Å². The molecule has 2 rings (SSSR count). The van der Waals surface area contributed by atoms with Crippen LogP contribution in [0.25, 0.3) is 10.9 Å². The Morgan fingerprint density at radius 2 is 2.07 bits per heavy atom. The van der Waals surface area contributed by atoms with Gasteiger partial charge in [0.05, 0.1) is 24.3 Å². The van der Waals surface area contributed by atoms with Crippen molar-refractivity contribution in [1.82, 2.24) is 4.57 Å². The maximum atomic E-state index is 11.6. The third kappa shape index (κ3) is 5.54. The van der Waals surface area contributed by atoms with Gasteiger partial charge in [0, 0.05) is 28.5 Å². The van der Waals surface area contributed by atoms with Gasteiger partial charge in [-0.1, -0.05) is 22.0 Å². The first-order valence-corrected chi connectivity index (χ1v) is 10.8. The fourth-order valence-electron chi connectivity index (χ4n) is 2.76. The number of fused-ring (bicyclic) bond motifs is 1. The van der Waals surface area contributed by atoms with Crippen molar-refractivity contribution in [2.24, 2.45) is 0 Å². The molecular weight excluding hydrogens is 436 g/mol. The number of nitrogens with zero attached hydrogens (tertiary/aromatic N) is 2. The van der Waals surface area contributed by atoms with E-state index >= 15 is 0 Å². The molecular formula is C18H21BrN2O5S. The van der Waals surface area contributed by atoms with E-state index in [4.69, 9.17) is 8.92 Å². The third-order valence-corrected chi connectivity index (χ3v) is 5.10. The zero-order valence-electron chi connectivity index (χ0n) is 15.5. The Kier molecular flexibility index (Phi) is 6.35. The number of esters is 1. The number of carbonyl (C=O) groups is 1. The molecule has 9 heteroatoms. The topological polar surface area (TPSA) is 98.4 Å². The molecule has 0 spiro atoms. The average molecular weight is 457 g/mol. The van der Waals surface area contributed by atoms with E-state index in [0.717, 1.165) is 27.2 Å². The number of hydrogen-bond donors (Lipinski definition) is 0. The van der Waals surface area contributed by atoms with Crippen LogP contribution in [0.15, 0.2) is 28.9 Å². The van der Waals surface area contributed by atoms with Crippen molar-refractivity contribution in [3.63, 3.8) is 0 Å². The van der Waals surface area contributed by atoms with Gasteiger partial charge in [-0.3, -0.25) is 8.98 Å². The predicted molar refractivity (Wildman–Crippen MR) is 105 cm³/mol. The number of carbonyl (C=O) groups excluding carboxylic acids is 1. The van der Waals surface area contributed by atoms with Gasteiger partial charge < -0.3 is 9.30 Å². The first kappa shape index (κ1) is 21.4. The standard InChI is InChI=1S/C18H21BrN2O5S/c1-12(22)25-10-14(26-27(4,23)24)8-21-9-16(18(2,3)11-20)15-6-5-13(19)7-17(15)21/h5-7,9,14H,8,10H2,1-4H3. The van der Waals surface area contributed by atoms with Crippen molar-refractivity contribution in [3.05, 3.63) is 34.4 Å². The summed E-state index contributed by atoms with van der Waals surface area (Å²) in [4.78, 5) is 11.1. The summed E-state index contributed by atoms with van der Waals surface area (Å²) in [5.74, 6) is -0.525. The maximum absolute atomic E-state index is 11.6. The lowest BCUT2D eigenvalue weighted by Crippen LogP contribution is -2.28. The minimum absolute atomic E-state index is 0.134. The normalized spacial score (nSPS) is 13.3. The molecule has 1 aromatic heterocycles. The lowest BCUT2D eigenvalue weighted by atomic mass is 9.86. The monoisotopic (exact) mass is 456 g/mol. The number of ether oxygens (including phenoxy) is 1. The summed E-state index contributed by atoms with van der Waals surface area (Å²) in [7, 11) is -3.75. The zero-order valence-corrected chi connectivity index (χ0v) is 17.9. The summed E-state index contributed by atoms with van der Waals surface area (Å²) in [5.41, 5.74) is 0.895. The quantitative estimate of drug-likeness (QED) is 0.468. The van der Waals surface area contributed by atoms with Gasteiger partial charge in [0.2, 0.25) is 0 Å². The molecule has 0 N–H and O–H groups in total. The highest BCUT2D eigenvalue weighted by atomic mass is 79.9. The molecule has 0 fully saturated rings. The van der Waals surface area contributed by atoms with Gasteiger partial charge in [-0.2, -0.15) is 13.7 Å². The molecule has 2 aromatic rings. The minimum Gasteiger partial charge on any atom is -0.463 e. The largest absolute Gasteiger partial charge is 0.463 e. The van der Waals surface area contributed by atoms with Gasteiger partial charge in [-0.15, -0.1) is 0 Å². The third-order valence-electron chi connectivity index (χ3n) is 3.98. The van der Waals surface area contributed by atoms with Crippen LogP contribution < -0.4 is 0 Å². The van der Waals surface area contributed by atoms with Crippen LogP contribution in [-0.2, 0) is 35.8 Å². The average Bonchev–Trinajstić information content (AvgIpc) is 2.90. The molecule has 7 nitrogen and oxygen atoms in total. The summed E-state index contributed by atoms with van der Waals surface area (Å²) < 4.78 is 35.9. The zero-order chi connectivity index (χ0) is 20.4. The van der Waals surface area contributed by atoms with Crippen LogP contribution in [0.4, 0.5) is 0 Å². The molecule has 0 aliphatic rings. The van der Waals surface area contributed by atoms with E-state index in [2.05, 4.69) is 22.0 Å². The van der Waals surface area contributed by atoms with E-state index < -0.39 is 27.6 Å². The smallest absolute Gasteiger partial charge is 0.302 e. The Morgan fingerprint density at radius 3 is 2.63 bits per heavy atom. The van der Waals surface area contributed by atoms with Crippen LogP contribution in [0.3, 0.4) is 0 Å². The molecule has 0 saturated carbocycles. The molecule has 0 radical (unpaired) electrons. The fraction of sp³-hybridized carbons (Fsp3) is 0.444. The molecule has 0 saturated heterocycles. The highest BCUT2D eigenvalue weighted by molar-refractivity contribution is 9.10. The maximum Gasteiger partial charge on any atom is 0.302 e. The molecule has 0 amide bonds. The lowest BCUT2D eigenvalue weighted by molar-refractivity contribution is -0.143. The first-order chi connectivity index (χ1) is 12.4. The van der Waals surface area contributed by atoms with Crippen LogP contribution >= 0.6 is 15.9 Å². The van der Waals surface area contributed by atoms with E-state index in [1.165, 1.54) is 6.92 Å². The van der Waals surface area contributed by atoms with Crippen molar-refractivity contribution in [2.75, 3.05) is 12.9 Å². The number of benzene rings is 1. The highest BCUT2D eigenvalue weighted by Gasteiger charge is 2.26. The van der Waals surface area contributed by atoms with Crippen molar-refractivity contribution >= 4 is 42.9 Å². The van der Waals surface area contributed by atoms with Gasteiger partial charge in [0.15, 0.2) is 0 Å². The van der Waals surface area contributed by atoms with Crippen LogP contribution in [0.1, 0.15) is 26.3 Å². The molecule has 1 aromatic carbocycles. The predicted octanol–water partition coefficient (Wildman–Crippen LogP) is 3.11. The molecule has 1 unspecified atom stereocenters. The lowest BCUT2D eigenvalue weighted by Gasteiger charge is -2.17. The molecule has 0 bridgehead atoms. The van der Waals surface area contributed by atoms with Gasteiger partial charge in [-0.05, 0) is 31.5 Å². The molecule has 1 heterocycles. The van der Waals surface area contributed by atoms with Gasteiger partial charge in [0.1, 0.15) is 12.7 Å². The Hall–Kier alpha value is -1.89. The van der Waals surface area contributed by atoms with Crippen LogP contribution in [0.2, 0.25) is 0 Å². The van der Waals surface area contributed by atoms with Crippen molar-refractivity contribution in [3.8, 4) is 6.07 Å². The summed E-state index contributed by atoms with van der Waals surface area (Å²) in [6.45, 7) is 4.81. The summed E-state index contributed by atoms with van der Waals surface area (Å²) in [5, 5.41) is 10.4. The molecule has 0 aliphatic heterocycles. The van der Waals surface area contributed by atoms with E-state index in [1.54, 1.807) is 0 Å². The van der Waals surface area contributed by atoms with Crippen molar-refractivity contribution < 1.29 is 22.1 Å². The number of nitriles is 1. The second-order valence-electron chi connectivity index (χ2n) is 6.82. The van der Waals surface area contributed by atoms with Crippen molar-refractivity contribution in [2.45, 2.75) is 38.8 Å². The number of rotatable bonds is 7. The Labute approximate surface area is 167 Å². The molecule has 0 aliphatic carbocycles. The Balaban J connectivity index is 2.50. The van der Waals surface area contributed by atoms with Gasteiger partial charge >= 0.3 is 5.97 Å². The number of aromatic nitrogens is 1. The minimum atomic E-state index is -3.75. The van der Waals surface area contributed by atoms with Gasteiger partial charge in [0.25, 0.3) is 10.1 Å². The Morgan fingerprint density at radius 1 is 1.41 bits per heavy atom. The number of halogens is 1. The van der Waals surface area contributed by atoms with Crippen LogP contribution in [0, 0.1) is 11.3 Å². The van der Waals surface area contributed by atoms with Crippen LogP contribution in [-0.4, -0.2) is 37.9 Å². The molecule has 1 atom stereocenters. The molecule has 146 valence electrons. The van der Waals surface area contributed by atoms with E-state index in [1.807, 2.05) is 42.8 Å². The summed E-state index contributed by atoms with van der Waals surface area (Å²) in [6.07, 6.45) is 1.87. The highest BCUT2D eigenvalue weighted by Crippen LogP contribution is 2.33.